The van der Waals surface area contributed by atoms with Gasteiger partial charge in [-0.05, 0) is 49.6 Å². The number of aryl methyl sites for hydroxylation is 1. The zero-order chi connectivity index (χ0) is 19.1. The van der Waals surface area contributed by atoms with Gasteiger partial charge in [-0.15, -0.1) is 10.2 Å². The summed E-state index contributed by atoms with van der Waals surface area (Å²) in [6.45, 7) is 3.30. The number of imidazole rings is 1. The first-order valence-electron chi connectivity index (χ1n) is 9.52. The topological polar surface area (TPSA) is 87.7 Å². The number of amides is 1. The number of fused-ring (bicyclic) bond motifs is 2. The number of rotatable bonds is 2. The summed E-state index contributed by atoms with van der Waals surface area (Å²) < 4.78 is 0. The minimum Gasteiger partial charge on any atom is -0.342 e. The van der Waals surface area contributed by atoms with Crippen LogP contribution in [0.3, 0.4) is 0 Å². The van der Waals surface area contributed by atoms with Crippen LogP contribution >= 0.6 is 0 Å². The summed E-state index contributed by atoms with van der Waals surface area (Å²) in [5.41, 5.74) is 4.45. The van der Waals surface area contributed by atoms with Crippen molar-refractivity contribution >= 4 is 28.0 Å². The van der Waals surface area contributed by atoms with Crippen LogP contribution in [0.15, 0.2) is 42.5 Å². The van der Waals surface area contributed by atoms with E-state index in [1.165, 1.54) is 0 Å². The lowest BCUT2D eigenvalue weighted by atomic mass is 9.97. The number of carbonyl (C=O) groups is 1. The average molecular weight is 372 g/mol. The monoisotopic (exact) mass is 372 g/mol. The van der Waals surface area contributed by atoms with Crippen molar-refractivity contribution < 1.29 is 4.79 Å². The summed E-state index contributed by atoms with van der Waals surface area (Å²) in [5, 5.41) is 8.23. The molecule has 3 heterocycles. The highest BCUT2D eigenvalue weighted by Gasteiger charge is 2.29. The molecule has 140 valence electrons. The molecule has 1 saturated heterocycles. The Kier molecular flexibility index (Phi) is 4.00. The first kappa shape index (κ1) is 16.8. The number of piperidine rings is 1. The van der Waals surface area contributed by atoms with E-state index >= 15 is 0 Å². The maximum absolute atomic E-state index is 13.0. The van der Waals surface area contributed by atoms with Crippen molar-refractivity contribution in [1.82, 2.24) is 30.0 Å². The second kappa shape index (κ2) is 6.67. The van der Waals surface area contributed by atoms with Crippen LogP contribution < -0.4 is 0 Å². The molecule has 2 aromatic carbocycles. The van der Waals surface area contributed by atoms with Gasteiger partial charge < -0.3 is 9.88 Å². The normalized spacial score (nSPS) is 17.3. The summed E-state index contributed by atoms with van der Waals surface area (Å²) in [7, 11) is 0. The smallest absolute Gasteiger partial charge is 0.293 e. The van der Waals surface area contributed by atoms with Crippen LogP contribution in [0.25, 0.3) is 22.1 Å². The molecule has 1 fully saturated rings. The first-order chi connectivity index (χ1) is 13.7. The van der Waals surface area contributed by atoms with Gasteiger partial charge in [-0.2, -0.15) is 0 Å². The summed E-state index contributed by atoms with van der Waals surface area (Å²) in [6.07, 6.45) is 1.92. The Balaban J connectivity index is 1.40. The molecule has 1 aliphatic heterocycles. The molecule has 2 aromatic heterocycles. The van der Waals surface area contributed by atoms with Crippen LogP contribution in [0, 0.1) is 6.92 Å². The van der Waals surface area contributed by atoms with Crippen molar-refractivity contribution in [3.8, 4) is 0 Å². The Morgan fingerprint density at radius 2 is 1.96 bits per heavy atom. The summed E-state index contributed by atoms with van der Waals surface area (Å²) >= 11 is 0. The Morgan fingerprint density at radius 1 is 1.07 bits per heavy atom. The van der Waals surface area contributed by atoms with E-state index in [0.717, 1.165) is 35.3 Å². The maximum atomic E-state index is 13.0. The standard InChI is InChI=1S/C21H20N6O/c1-13-8-9-17-18(11-13)24-20(26-25-17)21(28)27-10-4-5-14(12-27)19-22-15-6-2-3-7-16(15)23-19/h2-3,6-9,11,14H,4-5,10,12H2,1H3,(H,22,23). The molecule has 0 radical (unpaired) electrons. The zero-order valence-electron chi connectivity index (χ0n) is 15.6. The van der Waals surface area contributed by atoms with E-state index in [1.807, 2.05) is 54.3 Å². The van der Waals surface area contributed by atoms with Crippen LogP contribution in [-0.2, 0) is 0 Å². The van der Waals surface area contributed by atoms with Gasteiger partial charge in [0, 0.05) is 19.0 Å². The second-order valence-electron chi connectivity index (χ2n) is 7.36. The van der Waals surface area contributed by atoms with Gasteiger partial charge in [0.1, 0.15) is 11.3 Å². The van der Waals surface area contributed by atoms with Crippen LogP contribution in [0.5, 0.6) is 0 Å². The SMILES string of the molecule is Cc1ccc2nnc(C(=O)N3CCCC(c4nc5ccccc5[nH]4)C3)nc2c1. The van der Waals surface area contributed by atoms with E-state index < -0.39 is 0 Å². The van der Waals surface area contributed by atoms with Gasteiger partial charge in [0.05, 0.1) is 16.6 Å². The number of carbonyl (C=O) groups excluding carboxylic acids is 1. The number of hydrogen-bond acceptors (Lipinski definition) is 5. The lowest BCUT2D eigenvalue weighted by Gasteiger charge is -2.31. The molecule has 1 aliphatic rings. The van der Waals surface area contributed by atoms with E-state index in [2.05, 4.69) is 20.2 Å². The molecule has 28 heavy (non-hydrogen) atoms. The van der Waals surface area contributed by atoms with Crippen LogP contribution in [-0.4, -0.2) is 49.0 Å². The fraction of sp³-hybridized carbons (Fsp3) is 0.286. The predicted molar refractivity (Wildman–Crippen MR) is 106 cm³/mol. The van der Waals surface area contributed by atoms with Crippen molar-refractivity contribution in [3.63, 3.8) is 0 Å². The number of nitrogens with one attached hydrogen (secondary N) is 1. The molecule has 1 amide bonds. The maximum Gasteiger partial charge on any atom is 0.293 e. The Labute approximate surface area is 161 Å². The van der Waals surface area contributed by atoms with Gasteiger partial charge >= 0.3 is 0 Å². The molecule has 0 saturated carbocycles. The van der Waals surface area contributed by atoms with Gasteiger partial charge in [0.2, 0.25) is 5.82 Å². The molecule has 7 nitrogen and oxygen atoms in total. The van der Waals surface area contributed by atoms with Gasteiger partial charge in [-0.1, -0.05) is 18.2 Å². The molecule has 4 aromatic rings. The third-order valence-corrected chi connectivity index (χ3v) is 5.30. The summed E-state index contributed by atoms with van der Waals surface area (Å²) in [5.74, 6) is 1.10. The van der Waals surface area contributed by atoms with Crippen molar-refractivity contribution in [1.29, 1.82) is 0 Å². The highest BCUT2D eigenvalue weighted by atomic mass is 16.2. The second-order valence-corrected chi connectivity index (χ2v) is 7.36. The van der Waals surface area contributed by atoms with Gasteiger partial charge in [-0.3, -0.25) is 4.79 Å². The highest BCUT2D eigenvalue weighted by molar-refractivity contribution is 5.92. The van der Waals surface area contributed by atoms with Crippen molar-refractivity contribution in [2.24, 2.45) is 0 Å². The Bertz CT molecular complexity index is 1150. The average Bonchev–Trinajstić information content (AvgIpc) is 3.17. The number of hydrogen-bond donors (Lipinski definition) is 1. The molecule has 0 bridgehead atoms. The van der Waals surface area contributed by atoms with E-state index in [4.69, 9.17) is 4.98 Å². The number of H-pyrrole nitrogens is 1. The molecule has 5 rings (SSSR count). The van der Waals surface area contributed by atoms with Gasteiger partial charge in [0.15, 0.2) is 0 Å². The zero-order valence-corrected chi connectivity index (χ0v) is 15.6. The molecular weight excluding hydrogens is 352 g/mol. The van der Waals surface area contributed by atoms with Crippen LogP contribution in [0.2, 0.25) is 0 Å². The number of benzene rings is 2. The number of para-hydroxylation sites is 2. The summed E-state index contributed by atoms with van der Waals surface area (Å²) in [4.78, 5) is 27.4. The minimum absolute atomic E-state index is 0.156. The van der Waals surface area contributed by atoms with E-state index in [0.29, 0.717) is 24.1 Å². The molecule has 7 heteroatoms. The molecule has 1 unspecified atom stereocenters. The quantitative estimate of drug-likeness (QED) is 0.584. The fourth-order valence-corrected chi connectivity index (χ4v) is 3.83. The van der Waals surface area contributed by atoms with Crippen LogP contribution in [0.1, 0.15) is 40.8 Å². The van der Waals surface area contributed by atoms with E-state index in [1.54, 1.807) is 0 Å². The van der Waals surface area contributed by atoms with E-state index in [9.17, 15) is 4.79 Å². The van der Waals surface area contributed by atoms with E-state index in [-0.39, 0.29) is 17.6 Å². The highest BCUT2D eigenvalue weighted by Crippen LogP contribution is 2.27. The number of aromatic nitrogens is 5. The molecular formula is C21H20N6O. The Hall–Kier alpha value is -3.35. The largest absolute Gasteiger partial charge is 0.342 e. The number of likely N-dealkylation sites (tertiary alicyclic amines) is 1. The first-order valence-corrected chi connectivity index (χ1v) is 9.52. The fourth-order valence-electron chi connectivity index (χ4n) is 3.83. The Morgan fingerprint density at radius 3 is 2.86 bits per heavy atom. The van der Waals surface area contributed by atoms with Crippen molar-refractivity contribution in [3.05, 3.63) is 59.7 Å². The number of aromatic amines is 1. The van der Waals surface area contributed by atoms with Crippen LogP contribution in [0.4, 0.5) is 0 Å². The van der Waals surface area contributed by atoms with Gasteiger partial charge in [-0.25, -0.2) is 9.97 Å². The van der Waals surface area contributed by atoms with Crippen molar-refractivity contribution in [2.75, 3.05) is 13.1 Å². The minimum atomic E-state index is -0.170. The molecule has 0 spiro atoms. The van der Waals surface area contributed by atoms with Gasteiger partial charge in [0.25, 0.3) is 5.91 Å². The lowest BCUT2D eigenvalue weighted by molar-refractivity contribution is 0.0691. The predicted octanol–water partition coefficient (Wildman–Crippen LogP) is 3.23. The summed E-state index contributed by atoms with van der Waals surface area (Å²) in [6, 6.07) is 13.8. The molecule has 0 aliphatic carbocycles. The van der Waals surface area contributed by atoms with Crippen molar-refractivity contribution in [2.45, 2.75) is 25.7 Å². The molecule has 1 atom stereocenters. The number of nitrogens with zero attached hydrogens (tertiary/aromatic N) is 5. The third-order valence-electron chi connectivity index (χ3n) is 5.30. The lowest BCUT2D eigenvalue weighted by Crippen LogP contribution is -2.40. The molecule has 1 N–H and O–H groups in total. The third kappa shape index (κ3) is 2.98.